The van der Waals surface area contributed by atoms with Crippen LogP contribution in [0.25, 0.3) is 0 Å². The summed E-state index contributed by atoms with van der Waals surface area (Å²) in [4.78, 5) is 11.9. The van der Waals surface area contributed by atoms with E-state index in [0.717, 1.165) is 11.3 Å². The number of hydrogen-bond donors (Lipinski definition) is 3. The smallest absolute Gasteiger partial charge is 0.224 e. The maximum atomic E-state index is 11.9. The number of phenols is 2. The Labute approximate surface area is 124 Å². The molecule has 2 aromatic carbocycles. The van der Waals surface area contributed by atoms with Gasteiger partial charge in [-0.05, 0) is 55.7 Å². The van der Waals surface area contributed by atoms with Gasteiger partial charge in [-0.3, -0.25) is 4.79 Å². The van der Waals surface area contributed by atoms with Crippen LogP contribution >= 0.6 is 0 Å². The zero-order valence-electron chi connectivity index (χ0n) is 12.2. The van der Waals surface area contributed by atoms with Gasteiger partial charge in [-0.1, -0.05) is 17.7 Å². The largest absolute Gasteiger partial charge is 0.508 e. The molecule has 4 nitrogen and oxygen atoms in total. The first-order valence-corrected chi connectivity index (χ1v) is 6.83. The molecule has 0 saturated carbocycles. The third-order valence-corrected chi connectivity index (χ3v) is 3.35. The second kappa shape index (κ2) is 6.31. The standard InChI is InChI=1S/C17H19NO3/c1-11-3-6-14(7-4-11)18-17(21)8-5-13-10-15(19)12(2)9-16(13)20/h3-4,6-7,9-10,19-20H,5,8H2,1-2H3,(H,18,21). The van der Waals surface area contributed by atoms with Crippen molar-refractivity contribution in [3.63, 3.8) is 0 Å². The molecular weight excluding hydrogens is 266 g/mol. The van der Waals surface area contributed by atoms with E-state index in [2.05, 4.69) is 5.32 Å². The molecule has 0 aliphatic carbocycles. The Kier molecular flexibility index (Phi) is 4.48. The van der Waals surface area contributed by atoms with Crippen molar-refractivity contribution in [2.24, 2.45) is 0 Å². The van der Waals surface area contributed by atoms with Crippen molar-refractivity contribution in [1.82, 2.24) is 0 Å². The Balaban J connectivity index is 1.95. The Morgan fingerprint density at radius 3 is 2.38 bits per heavy atom. The van der Waals surface area contributed by atoms with Gasteiger partial charge in [0.1, 0.15) is 11.5 Å². The Bertz CT molecular complexity index is 648. The molecule has 21 heavy (non-hydrogen) atoms. The molecule has 110 valence electrons. The van der Waals surface area contributed by atoms with E-state index in [4.69, 9.17) is 0 Å². The number of carbonyl (C=O) groups excluding carboxylic acids is 1. The van der Waals surface area contributed by atoms with E-state index in [9.17, 15) is 15.0 Å². The zero-order chi connectivity index (χ0) is 15.4. The SMILES string of the molecule is Cc1ccc(NC(=O)CCc2cc(O)c(C)cc2O)cc1. The van der Waals surface area contributed by atoms with Crippen LogP contribution in [0, 0.1) is 13.8 Å². The van der Waals surface area contributed by atoms with Crippen molar-refractivity contribution >= 4 is 11.6 Å². The highest BCUT2D eigenvalue weighted by Gasteiger charge is 2.09. The first-order valence-electron chi connectivity index (χ1n) is 6.83. The van der Waals surface area contributed by atoms with Gasteiger partial charge in [0.2, 0.25) is 5.91 Å². The van der Waals surface area contributed by atoms with Gasteiger partial charge in [-0.15, -0.1) is 0 Å². The molecule has 0 heterocycles. The van der Waals surface area contributed by atoms with E-state index in [-0.39, 0.29) is 23.8 Å². The van der Waals surface area contributed by atoms with Crippen LogP contribution in [0.1, 0.15) is 23.1 Å². The van der Waals surface area contributed by atoms with Crippen molar-refractivity contribution < 1.29 is 15.0 Å². The quantitative estimate of drug-likeness (QED) is 0.755. The topological polar surface area (TPSA) is 69.6 Å². The molecule has 4 heteroatoms. The summed E-state index contributed by atoms with van der Waals surface area (Å²) in [6, 6.07) is 10.6. The van der Waals surface area contributed by atoms with Crippen LogP contribution in [0.4, 0.5) is 5.69 Å². The predicted octanol–water partition coefficient (Wildman–Crippen LogP) is 3.29. The second-order valence-corrected chi connectivity index (χ2v) is 5.18. The van der Waals surface area contributed by atoms with Gasteiger partial charge >= 0.3 is 0 Å². The van der Waals surface area contributed by atoms with E-state index >= 15 is 0 Å². The lowest BCUT2D eigenvalue weighted by Gasteiger charge is -2.08. The number of aromatic hydroxyl groups is 2. The molecule has 0 atom stereocenters. The van der Waals surface area contributed by atoms with Crippen molar-refractivity contribution in [2.45, 2.75) is 26.7 Å². The number of nitrogens with one attached hydrogen (secondary N) is 1. The van der Waals surface area contributed by atoms with Crippen LogP contribution in [-0.4, -0.2) is 16.1 Å². The van der Waals surface area contributed by atoms with E-state index in [1.54, 1.807) is 6.92 Å². The van der Waals surface area contributed by atoms with Crippen LogP contribution in [0.5, 0.6) is 11.5 Å². The Hall–Kier alpha value is -2.49. The van der Waals surface area contributed by atoms with Crippen LogP contribution in [0.15, 0.2) is 36.4 Å². The highest BCUT2D eigenvalue weighted by Crippen LogP contribution is 2.27. The number of phenolic OH excluding ortho intramolecular Hbond substituents is 2. The fourth-order valence-electron chi connectivity index (χ4n) is 2.03. The average molecular weight is 285 g/mol. The van der Waals surface area contributed by atoms with Crippen molar-refractivity contribution in [2.75, 3.05) is 5.32 Å². The summed E-state index contributed by atoms with van der Waals surface area (Å²) >= 11 is 0. The maximum Gasteiger partial charge on any atom is 0.224 e. The molecule has 0 bridgehead atoms. The number of hydrogen-bond acceptors (Lipinski definition) is 3. The zero-order valence-corrected chi connectivity index (χ0v) is 12.2. The van der Waals surface area contributed by atoms with E-state index < -0.39 is 0 Å². The van der Waals surface area contributed by atoms with Gasteiger partial charge in [0.05, 0.1) is 0 Å². The van der Waals surface area contributed by atoms with Gasteiger partial charge < -0.3 is 15.5 Å². The van der Waals surface area contributed by atoms with Gasteiger partial charge in [-0.25, -0.2) is 0 Å². The van der Waals surface area contributed by atoms with E-state index in [0.29, 0.717) is 17.5 Å². The first-order chi connectivity index (χ1) is 9.95. The highest BCUT2D eigenvalue weighted by molar-refractivity contribution is 5.90. The van der Waals surface area contributed by atoms with Gasteiger partial charge in [0, 0.05) is 12.1 Å². The van der Waals surface area contributed by atoms with Gasteiger partial charge in [-0.2, -0.15) is 0 Å². The lowest BCUT2D eigenvalue weighted by Crippen LogP contribution is -2.12. The molecule has 0 saturated heterocycles. The van der Waals surface area contributed by atoms with E-state index in [1.165, 1.54) is 12.1 Å². The van der Waals surface area contributed by atoms with Crippen LogP contribution < -0.4 is 5.32 Å². The molecule has 0 spiro atoms. The summed E-state index contributed by atoms with van der Waals surface area (Å²) in [7, 11) is 0. The third kappa shape index (κ3) is 3.99. The summed E-state index contributed by atoms with van der Waals surface area (Å²) < 4.78 is 0. The molecule has 0 fully saturated rings. The minimum Gasteiger partial charge on any atom is -0.508 e. The van der Waals surface area contributed by atoms with Crippen LogP contribution in [0.3, 0.4) is 0 Å². The molecule has 2 aromatic rings. The lowest BCUT2D eigenvalue weighted by atomic mass is 10.0. The summed E-state index contributed by atoms with van der Waals surface area (Å²) in [5, 5.41) is 22.2. The Morgan fingerprint density at radius 1 is 1.05 bits per heavy atom. The number of carbonyl (C=O) groups is 1. The predicted molar refractivity (Wildman–Crippen MR) is 82.6 cm³/mol. The van der Waals surface area contributed by atoms with Crippen LogP contribution in [-0.2, 0) is 11.2 Å². The number of aryl methyl sites for hydroxylation is 3. The summed E-state index contributed by atoms with van der Waals surface area (Å²) in [5.41, 5.74) is 3.06. The number of rotatable bonds is 4. The van der Waals surface area contributed by atoms with Crippen LogP contribution in [0.2, 0.25) is 0 Å². The van der Waals surface area contributed by atoms with Gasteiger partial charge in [0.15, 0.2) is 0 Å². The summed E-state index contributed by atoms with van der Waals surface area (Å²) in [6.45, 7) is 3.70. The van der Waals surface area contributed by atoms with Crippen molar-refractivity contribution in [1.29, 1.82) is 0 Å². The molecule has 0 aliphatic heterocycles. The molecule has 0 aliphatic rings. The maximum absolute atomic E-state index is 11.9. The fraction of sp³-hybridized carbons (Fsp3) is 0.235. The third-order valence-electron chi connectivity index (χ3n) is 3.35. The fourth-order valence-corrected chi connectivity index (χ4v) is 2.03. The van der Waals surface area contributed by atoms with E-state index in [1.807, 2.05) is 31.2 Å². The molecule has 0 radical (unpaired) electrons. The normalized spacial score (nSPS) is 10.4. The minimum absolute atomic E-state index is 0.105. The minimum atomic E-state index is -0.127. The summed E-state index contributed by atoms with van der Waals surface area (Å²) in [5.74, 6) is 0.105. The molecule has 3 N–H and O–H groups in total. The molecule has 2 rings (SSSR count). The molecular formula is C17H19NO3. The van der Waals surface area contributed by atoms with Crippen molar-refractivity contribution in [3.8, 4) is 11.5 Å². The van der Waals surface area contributed by atoms with Crippen molar-refractivity contribution in [3.05, 3.63) is 53.1 Å². The first kappa shape index (κ1) is 14.9. The monoisotopic (exact) mass is 285 g/mol. The summed E-state index contributed by atoms with van der Waals surface area (Å²) in [6.07, 6.45) is 0.612. The Morgan fingerprint density at radius 2 is 1.71 bits per heavy atom. The number of benzene rings is 2. The lowest BCUT2D eigenvalue weighted by molar-refractivity contribution is -0.116. The van der Waals surface area contributed by atoms with Gasteiger partial charge in [0.25, 0.3) is 0 Å². The second-order valence-electron chi connectivity index (χ2n) is 5.18. The highest BCUT2D eigenvalue weighted by atomic mass is 16.3. The molecule has 0 unspecified atom stereocenters. The number of anilines is 1. The number of amides is 1. The average Bonchev–Trinajstić information content (AvgIpc) is 2.44. The molecule has 1 amide bonds. The molecule has 0 aromatic heterocycles.